The molecular formula is C24H17F2N3O7. The van der Waals surface area contributed by atoms with Crippen LogP contribution in [0, 0.1) is 0 Å². The first-order valence-electron chi connectivity index (χ1n) is 10.7. The molecule has 0 radical (unpaired) electrons. The molecular weight excluding hydrogens is 480 g/mol. The zero-order chi connectivity index (χ0) is 25.8. The Morgan fingerprint density at radius 2 is 1.67 bits per heavy atom. The molecule has 0 saturated carbocycles. The Morgan fingerprint density at radius 1 is 1.03 bits per heavy atom. The van der Waals surface area contributed by atoms with Crippen LogP contribution in [0.15, 0.2) is 59.5 Å². The van der Waals surface area contributed by atoms with E-state index in [0.29, 0.717) is 4.57 Å². The van der Waals surface area contributed by atoms with Crippen LogP contribution in [-0.2, 0) is 4.74 Å². The van der Waals surface area contributed by atoms with Gasteiger partial charge in [0, 0.05) is 34.0 Å². The minimum absolute atomic E-state index is 0.000158. The van der Waals surface area contributed by atoms with E-state index in [2.05, 4.69) is 10.3 Å². The Hall–Kier alpha value is -4.13. The Kier molecular flexibility index (Phi) is 5.58. The molecule has 10 nitrogen and oxygen atoms in total. The Balaban J connectivity index is 1.39. The predicted molar refractivity (Wildman–Crippen MR) is 118 cm³/mol. The molecule has 0 bridgehead atoms. The van der Waals surface area contributed by atoms with Crippen LogP contribution < -0.4 is 11.0 Å². The number of fused-ring (bicyclic) bond motifs is 2. The van der Waals surface area contributed by atoms with Gasteiger partial charge in [-0.1, -0.05) is 24.3 Å². The van der Waals surface area contributed by atoms with Gasteiger partial charge in [0.2, 0.25) is 6.23 Å². The summed E-state index contributed by atoms with van der Waals surface area (Å²) in [4.78, 5) is 54.3. The van der Waals surface area contributed by atoms with E-state index < -0.39 is 48.3 Å². The highest BCUT2D eigenvalue weighted by Crippen LogP contribution is 2.42. The summed E-state index contributed by atoms with van der Waals surface area (Å²) in [5.41, 5.74) is -0.515. The van der Waals surface area contributed by atoms with Crippen molar-refractivity contribution < 1.29 is 38.1 Å². The van der Waals surface area contributed by atoms with Crippen molar-refractivity contribution in [2.75, 3.05) is 11.9 Å². The van der Waals surface area contributed by atoms with Crippen molar-refractivity contribution in [1.29, 1.82) is 0 Å². The third-order valence-corrected chi connectivity index (χ3v) is 6.07. The van der Waals surface area contributed by atoms with Crippen molar-refractivity contribution in [3.8, 4) is 0 Å². The number of amides is 1. The van der Waals surface area contributed by atoms with E-state index in [1.54, 1.807) is 18.2 Å². The molecule has 36 heavy (non-hydrogen) atoms. The summed E-state index contributed by atoms with van der Waals surface area (Å²) >= 11 is 0. The fourth-order valence-corrected chi connectivity index (χ4v) is 4.21. The second-order valence-corrected chi connectivity index (χ2v) is 8.25. The normalized spacial score (nSPS) is 22.2. The highest BCUT2D eigenvalue weighted by Gasteiger charge is 2.59. The topological polar surface area (TPSA) is 148 Å². The summed E-state index contributed by atoms with van der Waals surface area (Å²) in [5, 5.41) is 21.1. The fourth-order valence-electron chi connectivity index (χ4n) is 4.21. The van der Waals surface area contributed by atoms with Gasteiger partial charge in [0.1, 0.15) is 11.9 Å². The number of aliphatic hydroxyl groups is 2. The lowest BCUT2D eigenvalue weighted by Crippen LogP contribution is -2.41. The number of halogens is 2. The van der Waals surface area contributed by atoms with Gasteiger partial charge in [-0.15, -0.1) is 0 Å². The number of ketones is 2. The third kappa shape index (κ3) is 3.63. The van der Waals surface area contributed by atoms with E-state index in [1.807, 2.05) is 0 Å². The van der Waals surface area contributed by atoms with Gasteiger partial charge in [-0.25, -0.2) is 4.79 Å². The van der Waals surface area contributed by atoms with E-state index in [9.17, 15) is 33.1 Å². The molecule has 1 saturated heterocycles. The second-order valence-electron chi connectivity index (χ2n) is 8.25. The second kappa shape index (κ2) is 8.52. The van der Waals surface area contributed by atoms with Crippen molar-refractivity contribution in [3.05, 3.63) is 93.0 Å². The number of carbonyl (C=O) groups is 3. The first-order chi connectivity index (χ1) is 17.1. The summed E-state index contributed by atoms with van der Waals surface area (Å²) in [6.45, 7) is -0.885. The largest absolute Gasteiger partial charge is 0.394 e. The van der Waals surface area contributed by atoms with E-state index >= 15 is 0 Å². The number of nitrogens with one attached hydrogen (secondary N) is 1. The van der Waals surface area contributed by atoms with Gasteiger partial charge >= 0.3 is 11.6 Å². The number of rotatable bonds is 4. The minimum atomic E-state index is -3.88. The minimum Gasteiger partial charge on any atom is -0.394 e. The number of aliphatic hydroxyl groups excluding tert-OH is 2. The maximum absolute atomic E-state index is 14.3. The number of benzene rings is 2. The molecule has 2 aromatic carbocycles. The number of alkyl halides is 2. The number of carbonyl (C=O) groups excluding carboxylic acids is 3. The summed E-state index contributed by atoms with van der Waals surface area (Å²) in [6.07, 6.45) is -5.23. The average molecular weight is 497 g/mol. The molecule has 184 valence electrons. The number of anilines is 1. The molecule has 3 atom stereocenters. The van der Waals surface area contributed by atoms with Crippen molar-refractivity contribution in [2.45, 2.75) is 24.4 Å². The third-order valence-electron chi connectivity index (χ3n) is 6.07. The van der Waals surface area contributed by atoms with E-state index in [0.717, 1.165) is 12.3 Å². The van der Waals surface area contributed by atoms with Crippen molar-refractivity contribution in [1.82, 2.24) is 9.55 Å². The van der Waals surface area contributed by atoms with Crippen LogP contribution in [0.4, 0.5) is 14.6 Å². The lowest BCUT2D eigenvalue weighted by molar-refractivity contribution is -0.140. The van der Waals surface area contributed by atoms with Crippen LogP contribution >= 0.6 is 0 Å². The number of nitrogens with zero attached hydrogens (tertiary/aromatic N) is 2. The average Bonchev–Trinajstić information content (AvgIpc) is 3.10. The number of hydrogen-bond donors (Lipinski definition) is 3. The van der Waals surface area contributed by atoms with Gasteiger partial charge in [-0.05, 0) is 24.3 Å². The van der Waals surface area contributed by atoms with E-state index in [1.165, 1.54) is 24.3 Å². The molecule has 1 fully saturated rings. The van der Waals surface area contributed by atoms with Crippen LogP contribution in [0.25, 0.3) is 0 Å². The summed E-state index contributed by atoms with van der Waals surface area (Å²) in [6, 6.07) is 11.3. The molecule has 2 heterocycles. The smallest absolute Gasteiger partial charge is 0.351 e. The molecule has 1 amide bonds. The molecule has 1 aliphatic carbocycles. The quantitative estimate of drug-likeness (QED) is 0.381. The van der Waals surface area contributed by atoms with Crippen LogP contribution in [0.1, 0.15) is 48.4 Å². The molecule has 12 heteroatoms. The maximum Gasteiger partial charge on any atom is 0.351 e. The number of aromatic nitrogens is 2. The van der Waals surface area contributed by atoms with Gasteiger partial charge in [-0.2, -0.15) is 13.8 Å². The molecule has 1 aliphatic heterocycles. The summed E-state index contributed by atoms with van der Waals surface area (Å²) in [5.74, 6) is -5.68. The molecule has 2 aliphatic rings. The van der Waals surface area contributed by atoms with Crippen molar-refractivity contribution in [2.24, 2.45) is 0 Å². The molecule has 0 spiro atoms. The zero-order valence-electron chi connectivity index (χ0n) is 18.2. The van der Waals surface area contributed by atoms with Crippen LogP contribution in [0.2, 0.25) is 0 Å². The predicted octanol–water partition coefficient (Wildman–Crippen LogP) is 1.16. The van der Waals surface area contributed by atoms with Crippen LogP contribution in [0.3, 0.4) is 0 Å². The molecule has 1 unspecified atom stereocenters. The van der Waals surface area contributed by atoms with Gasteiger partial charge in [0.15, 0.2) is 17.7 Å². The first kappa shape index (κ1) is 23.6. The zero-order valence-corrected chi connectivity index (χ0v) is 18.2. The van der Waals surface area contributed by atoms with Gasteiger partial charge in [0.25, 0.3) is 5.91 Å². The van der Waals surface area contributed by atoms with Crippen LogP contribution in [0.5, 0.6) is 0 Å². The van der Waals surface area contributed by atoms with Gasteiger partial charge in [0.05, 0.1) is 6.61 Å². The molecule has 3 aromatic rings. The number of hydrogen-bond acceptors (Lipinski definition) is 8. The van der Waals surface area contributed by atoms with Crippen molar-refractivity contribution >= 4 is 23.3 Å². The summed E-state index contributed by atoms with van der Waals surface area (Å²) in [7, 11) is 0. The van der Waals surface area contributed by atoms with E-state index in [-0.39, 0.29) is 39.4 Å². The lowest BCUT2D eigenvalue weighted by atomic mass is 9.83. The first-order valence-corrected chi connectivity index (χ1v) is 10.7. The Bertz CT molecular complexity index is 1490. The standard InChI is InChI=1S/C24H17F2N3O7/c25-24(26)20(33)16(10-30)36-22(24)29-8-7-17(28-23(29)35)27-21(34)11-5-6-14-15(9-11)19(32)13-4-2-1-3-12(13)18(14)31/h1-9,16,20,22,30,33H,10H2,(H,27,28,34,35)/t16-,20?,22-/m1/s1. The highest BCUT2D eigenvalue weighted by atomic mass is 19.3. The Morgan fingerprint density at radius 3 is 2.28 bits per heavy atom. The fraction of sp³-hybridized carbons (Fsp3) is 0.208. The number of ether oxygens (including phenoxy) is 1. The Labute approximate surface area is 200 Å². The SMILES string of the molecule is O=C(Nc1ccn([C@@H]2O[C@H](CO)C(O)C2(F)F)c(=O)n1)c1ccc2c(c1)C(=O)c1ccccc1C2=O. The van der Waals surface area contributed by atoms with Gasteiger partial charge < -0.3 is 20.3 Å². The van der Waals surface area contributed by atoms with E-state index in [4.69, 9.17) is 9.84 Å². The maximum atomic E-state index is 14.3. The lowest BCUT2D eigenvalue weighted by Gasteiger charge is -2.21. The highest BCUT2D eigenvalue weighted by molar-refractivity contribution is 6.28. The molecule has 1 aromatic heterocycles. The molecule has 5 rings (SSSR count). The monoisotopic (exact) mass is 497 g/mol. The van der Waals surface area contributed by atoms with Crippen molar-refractivity contribution in [3.63, 3.8) is 0 Å². The molecule has 3 N–H and O–H groups in total. The van der Waals surface area contributed by atoms with Crippen LogP contribution in [-0.4, -0.2) is 62.0 Å². The van der Waals surface area contributed by atoms with Gasteiger partial charge in [-0.3, -0.25) is 19.0 Å². The summed E-state index contributed by atoms with van der Waals surface area (Å²) < 4.78 is 34.0.